The Bertz CT molecular complexity index is 1210. The van der Waals surface area contributed by atoms with Gasteiger partial charge in [0.2, 0.25) is 0 Å². The molecule has 1 amide bonds. The molecule has 0 radical (unpaired) electrons. The van der Waals surface area contributed by atoms with Gasteiger partial charge in [0.1, 0.15) is 34.9 Å². The summed E-state index contributed by atoms with van der Waals surface area (Å²) in [6.45, 7) is 0. The van der Waals surface area contributed by atoms with Gasteiger partial charge in [0.05, 0.1) is 29.7 Å². The SMILES string of the molecule is N#Cc1cncc(Oc2cc(C(=O)Nc3ccc(F)cn3)c3nccn3c2)c1. The highest BCUT2D eigenvalue weighted by Gasteiger charge is 2.15. The first-order valence-electron chi connectivity index (χ1n) is 8.05. The maximum Gasteiger partial charge on any atom is 0.260 e. The van der Waals surface area contributed by atoms with Crippen LogP contribution in [0.15, 0.2) is 61.4 Å². The Labute approximate surface area is 157 Å². The lowest BCUT2D eigenvalue weighted by Crippen LogP contribution is -2.14. The van der Waals surface area contributed by atoms with Gasteiger partial charge in [-0.3, -0.25) is 9.78 Å². The van der Waals surface area contributed by atoms with Gasteiger partial charge in [-0.2, -0.15) is 5.26 Å². The number of fused-ring (bicyclic) bond motifs is 1. The molecule has 28 heavy (non-hydrogen) atoms. The third kappa shape index (κ3) is 3.47. The molecule has 0 bridgehead atoms. The molecule has 0 atom stereocenters. The van der Waals surface area contributed by atoms with Crippen LogP contribution in [0.4, 0.5) is 10.2 Å². The second-order valence-corrected chi connectivity index (χ2v) is 5.69. The van der Waals surface area contributed by atoms with Crippen LogP contribution in [0.5, 0.6) is 11.5 Å². The molecule has 0 saturated carbocycles. The highest BCUT2D eigenvalue weighted by molar-refractivity contribution is 6.08. The quantitative estimate of drug-likeness (QED) is 0.588. The van der Waals surface area contributed by atoms with Crippen molar-refractivity contribution in [2.75, 3.05) is 5.32 Å². The highest BCUT2D eigenvalue weighted by atomic mass is 19.1. The minimum absolute atomic E-state index is 0.202. The standard InChI is InChI=1S/C19H11FN6O2/c20-13-1-2-17(24-9-13)25-19(27)16-6-15(11-26-4-3-23-18(16)26)28-14-5-12(7-21)8-22-10-14/h1-6,8-11H,(H,24,25,27). The van der Waals surface area contributed by atoms with Crippen LogP contribution in [0.2, 0.25) is 0 Å². The number of nitriles is 1. The number of carbonyl (C=O) groups excluding carboxylic acids is 1. The molecule has 136 valence electrons. The number of aromatic nitrogens is 4. The van der Waals surface area contributed by atoms with Gasteiger partial charge in [-0.05, 0) is 18.2 Å². The first kappa shape index (κ1) is 17.1. The zero-order valence-corrected chi connectivity index (χ0v) is 14.2. The molecule has 4 heterocycles. The summed E-state index contributed by atoms with van der Waals surface area (Å²) < 4.78 is 20.4. The van der Waals surface area contributed by atoms with Gasteiger partial charge >= 0.3 is 0 Å². The molecule has 4 aromatic heterocycles. The lowest BCUT2D eigenvalue weighted by Gasteiger charge is -2.10. The molecule has 0 aliphatic rings. The number of nitrogens with zero attached hydrogens (tertiary/aromatic N) is 5. The molecule has 8 nitrogen and oxygen atoms in total. The first-order chi connectivity index (χ1) is 13.6. The fourth-order valence-corrected chi connectivity index (χ4v) is 2.54. The van der Waals surface area contributed by atoms with E-state index in [2.05, 4.69) is 20.3 Å². The van der Waals surface area contributed by atoms with Gasteiger partial charge in [-0.25, -0.2) is 14.4 Å². The Morgan fingerprint density at radius 1 is 1.18 bits per heavy atom. The molecular weight excluding hydrogens is 363 g/mol. The Balaban J connectivity index is 1.67. The predicted octanol–water partition coefficient (Wildman–Crippen LogP) is 3.18. The van der Waals surface area contributed by atoms with Crippen LogP contribution in [0, 0.1) is 17.1 Å². The normalized spacial score (nSPS) is 10.4. The molecule has 0 saturated heterocycles. The van der Waals surface area contributed by atoms with E-state index in [1.807, 2.05) is 6.07 Å². The van der Waals surface area contributed by atoms with E-state index < -0.39 is 11.7 Å². The summed E-state index contributed by atoms with van der Waals surface area (Å²) in [4.78, 5) is 24.6. The van der Waals surface area contributed by atoms with Crippen molar-refractivity contribution in [3.05, 3.63) is 78.4 Å². The summed E-state index contributed by atoms with van der Waals surface area (Å²) in [6.07, 6.45) is 8.74. The molecule has 0 aliphatic heterocycles. The molecule has 0 aliphatic carbocycles. The lowest BCUT2D eigenvalue weighted by atomic mass is 10.2. The molecule has 0 aromatic carbocycles. The van der Waals surface area contributed by atoms with Crippen molar-refractivity contribution in [3.8, 4) is 17.6 Å². The van der Waals surface area contributed by atoms with Gasteiger partial charge in [-0.15, -0.1) is 0 Å². The number of anilines is 1. The third-order valence-corrected chi connectivity index (χ3v) is 3.75. The number of hydrogen-bond donors (Lipinski definition) is 1. The number of pyridine rings is 3. The summed E-state index contributed by atoms with van der Waals surface area (Å²) in [5.41, 5.74) is 0.996. The molecular formula is C19H11FN6O2. The molecule has 0 unspecified atom stereocenters. The average Bonchev–Trinajstić information content (AvgIpc) is 3.18. The Morgan fingerprint density at radius 2 is 2.07 bits per heavy atom. The van der Waals surface area contributed by atoms with Gasteiger partial charge in [0.15, 0.2) is 0 Å². The number of halogens is 1. The Kier molecular flexibility index (Phi) is 4.35. The number of hydrogen-bond acceptors (Lipinski definition) is 6. The van der Waals surface area contributed by atoms with Crippen LogP contribution in [-0.2, 0) is 0 Å². The Hall–Kier alpha value is -4.32. The van der Waals surface area contributed by atoms with E-state index in [-0.39, 0.29) is 11.4 Å². The molecule has 0 fully saturated rings. The van der Waals surface area contributed by atoms with Gasteiger partial charge in [0.25, 0.3) is 5.91 Å². The average molecular weight is 374 g/mol. The predicted molar refractivity (Wildman–Crippen MR) is 96.4 cm³/mol. The summed E-state index contributed by atoms with van der Waals surface area (Å²) in [5.74, 6) is -0.0834. The van der Waals surface area contributed by atoms with Crippen molar-refractivity contribution in [2.24, 2.45) is 0 Å². The smallest absolute Gasteiger partial charge is 0.260 e. The lowest BCUT2D eigenvalue weighted by molar-refractivity contribution is 0.102. The number of imidazole rings is 1. The third-order valence-electron chi connectivity index (χ3n) is 3.75. The van der Waals surface area contributed by atoms with E-state index in [0.29, 0.717) is 22.7 Å². The molecule has 1 N–H and O–H groups in total. The highest BCUT2D eigenvalue weighted by Crippen LogP contribution is 2.25. The summed E-state index contributed by atoms with van der Waals surface area (Å²) in [5, 5.41) is 11.6. The van der Waals surface area contributed by atoms with Gasteiger partial charge in [0, 0.05) is 24.7 Å². The number of rotatable bonds is 4. The minimum Gasteiger partial charge on any atom is -0.454 e. The van der Waals surface area contributed by atoms with Crippen LogP contribution < -0.4 is 10.1 Å². The largest absolute Gasteiger partial charge is 0.454 e. The van der Waals surface area contributed by atoms with Crippen molar-refractivity contribution in [1.82, 2.24) is 19.4 Å². The van der Waals surface area contributed by atoms with E-state index >= 15 is 0 Å². The second-order valence-electron chi connectivity index (χ2n) is 5.69. The van der Waals surface area contributed by atoms with Crippen molar-refractivity contribution < 1.29 is 13.9 Å². The molecule has 0 spiro atoms. The van der Waals surface area contributed by atoms with Crippen LogP contribution in [0.25, 0.3) is 5.65 Å². The second kappa shape index (κ2) is 7.13. The summed E-state index contributed by atoms with van der Waals surface area (Å²) >= 11 is 0. The van der Waals surface area contributed by atoms with Crippen molar-refractivity contribution in [2.45, 2.75) is 0 Å². The Morgan fingerprint density at radius 3 is 2.86 bits per heavy atom. The van der Waals surface area contributed by atoms with Gasteiger partial charge in [-0.1, -0.05) is 0 Å². The zero-order chi connectivity index (χ0) is 19.5. The topological polar surface area (TPSA) is 105 Å². The minimum atomic E-state index is -0.503. The van der Waals surface area contributed by atoms with Crippen LogP contribution in [-0.4, -0.2) is 25.3 Å². The van der Waals surface area contributed by atoms with Crippen molar-refractivity contribution in [3.63, 3.8) is 0 Å². The maximum atomic E-state index is 13.0. The van der Waals surface area contributed by atoms with Crippen LogP contribution in [0.3, 0.4) is 0 Å². The van der Waals surface area contributed by atoms with E-state index in [1.165, 1.54) is 36.7 Å². The van der Waals surface area contributed by atoms with E-state index in [9.17, 15) is 9.18 Å². The van der Waals surface area contributed by atoms with E-state index in [0.717, 1.165) is 6.20 Å². The molecule has 4 aromatic rings. The number of nitrogens with one attached hydrogen (secondary N) is 1. The summed E-state index contributed by atoms with van der Waals surface area (Å²) in [7, 11) is 0. The van der Waals surface area contributed by atoms with Crippen molar-refractivity contribution in [1.29, 1.82) is 5.26 Å². The number of ether oxygens (including phenoxy) is 1. The van der Waals surface area contributed by atoms with E-state index in [1.54, 1.807) is 23.0 Å². The van der Waals surface area contributed by atoms with E-state index in [4.69, 9.17) is 10.00 Å². The fraction of sp³-hybridized carbons (Fsp3) is 0. The molecule has 4 rings (SSSR count). The van der Waals surface area contributed by atoms with Gasteiger partial charge < -0.3 is 14.5 Å². The summed E-state index contributed by atoms with van der Waals surface area (Å²) in [6, 6.07) is 7.59. The van der Waals surface area contributed by atoms with Crippen LogP contribution in [0.1, 0.15) is 15.9 Å². The monoisotopic (exact) mass is 374 g/mol. The van der Waals surface area contributed by atoms with Crippen LogP contribution >= 0.6 is 0 Å². The zero-order valence-electron chi connectivity index (χ0n) is 14.2. The number of amides is 1. The molecule has 9 heteroatoms. The first-order valence-corrected chi connectivity index (χ1v) is 8.05. The number of carbonyl (C=O) groups is 1. The maximum absolute atomic E-state index is 13.0. The fourth-order valence-electron chi connectivity index (χ4n) is 2.54. The van der Waals surface area contributed by atoms with Crippen molar-refractivity contribution >= 4 is 17.4 Å².